The van der Waals surface area contributed by atoms with E-state index in [1.807, 2.05) is 18.7 Å². The quantitative estimate of drug-likeness (QED) is 0.746. The van der Waals surface area contributed by atoms with E-state index in [0.29, 0.717) is 27.3 Å². The average Bonchev–Trinajstić information content (AvgIpc) is 3.00. The number of sulfone groups is 1. The first kappa shape index (κ1) is 19.0. The fraction of sp³-hybridized carbons (Fsp3) is 0.500. The Kier molecular flexibility index (Phi) is 5.40. The summed E-state index contributed by atoms with van der Waals surface area (Å²) in [5.41, 5.74) is 0.696. The number of anilines is 1. The molecule has 136 valence electrons. The molecule has 0 unspecified atom stereocenters. The van der Waals surface area contributed by atoms with Gasteiger partial charge >= 0.3 is 0 Å². The third-order valence-corrected chi connectivity index (χ3v) is 8.44. The Labute approximate surface area is 161 Å². The summed E-state index contributed by atoms with van der Waals surface area (Å²) in [6, 6.07) is 4.86. The Bertz CT molecular complexity index is 842. The second-order valence-corrected chi connectivity index (χ2v) is 10.5. The minimum Gasteiger partial charge on any atom is -0.316 e. The first-order chi connectivity index (χ1) is 11.7. The number of halogens is 2. The van der Waals surface area contributed by atoms with Crippen LogP contribution in [0, 0.1) is 5.92 Å². The van der Waals surface area contributed by atoms with Crippen molar-refractivity contribution in [1.82, 2.24) is 0 Å². The van der Waals surface area contributed by atoms with E-state index in [9.17, 15) is 13.2 Å². The van der Waals surface area contributed by atoms with Crippen LogP contribution in [0.15, 0.2) is 23.2 Å². The maximum atomic E-state index is 12.3. The summed E-state index contributed by atoms with van der Waals surface area (Å²) >= 11 is 13.5. The van der Waals surface area contributed by atoms with Gasteiger partial charge in [-0.1, -0.05) is 48.8 Å². The first-order valence-electron chi connectivity index (χ1n) is 7.95. The van der Waals surface area contributed by atoms with Crippen molar-refractivity contribution in [1.29, 1.82) is 0 Å². The van der Waals surface area contributed by atoms with Crippen LogP contribution in [0.2, 0.25) is 10.0 Å². The van der Waals surface area contributed by atoms with Crippen LogP contribution in [-0.4, -0.2) is 42.3 Å². The molecule has 0 spiro atoms. The van der Waals surface area contributed by atoms with Gasteiger partial charge in [0.25, 0.3) is 5.91 Å². The van der Waals surface area contributed by atoms with E-state index in [-0.39, 0.29) is 34.6 Å². The van der Waals surface area contributed by atoms with Gasteiger partial charge in [0, 0.05) is 16.9 Å². The highest BCUT2D eigenvalue weighted by molar-refractivity contribution is 8.16. The van der Waals surface area contributed by atoms with E-state index in [2.05, 4.69) is 4.99 Å². The summed E-state index contributed by atoms with van der Waals surface area (Å²) in [7, 11) is -3.10. The molecule has 1 aromatic rings. The summed E-state index contributed by atoms with van der Waals surface area (Å²) in [6.45, 7) is 3.77. The highest BCUT2D eigenvalue weighted by Crippen LogP contribution is 2.42. The molecular weight excluding hydrogens is 403 g/mol. The van der Waals surface area contributed by atoms with E-state index in [4.69, 9.17) is 23.2 Å². The van der Waals surface area contributed by atoms with Crippen LogP contribution < -0.4 is 4.90 Å². The maximum absolute atomic E-state index is 12.3. The number of aliphatic imine (C=N–C) groups is 1. The normalized spacial score (nSPS) is 27.5. The number of amidine groups is 1. The van der Waals surface area contributed by atoms with Crippen LogP contribution in [0.4, 0.5) is 5.69 Å². The third-order valence-electron chi connectivity index (χ3n) is 4.49. The highest BCUT2D eigenvalue weighted by Gasteiger charge is 2.49. The van der Waals surface area contributed by atoms with E-state index in [1.165, 1.54) is 11.8 Å². The molecule has 2 fully saturated rings. The zero-order valence-electron chi connectivity index (χ0n) is 13.8. The van der Waals surface area contributed by atoms with Crippen LogP contribution in [0.5, 0.6) is 0 Å². The topological polar surface area (TPSA) is 66.8 Å². The van der Waals surface area contributed by atoms with Crippen molar-refractivity contribution in [3.05, 3.63) is 28.2 Å². The molecule has 2 heterocycles. The van der Waals surface area contributed by atoms with Crippen molar-refractivity contribution in [2.75, 3.05) is 16.4 Å². The number of carbonyl (C=O) groups excluding carboxylic acids is 1. The van der Waals surface area contributed by atoms with Gasteiger partial charge in [-0.3, -0.25) is 4.79 Å². The summed E-state index contributed by atoms with van der Waals surface area (Å²) in [5.74, 6) is -0.233. The van der Waals surface area contributed by atoms with Crippen LogP contribution >= 0.6 is 35.0 Å². The maximum Gasteiger partial charge on any atom is 0.250 e. The van der Waals surface area contributed by atoms with Crippen molar-refractivity contribution in [3.63, 3.8) is 0 Å². The third kappa shape index (κ3) is 3.84. The predicted octanol–water partition coefficient (Wildman–Crippen LogP) is 3.64. The van der Waals surface area contributed by atoms with Gasteiger partial charge < -0.3 is 4.90 Å². The standard InChI is InChI=1S/C16H18Cl2N2O3S2/c1-3-9(2)15(21)19-16-20(10-4-5-11(17)12(18)6-10)13-7-25(22,23)8-14(13)24-16/h4-6,9,13-14H,3,7-8H2,1-2H3/t9-,13+,14+/m1/s1. The average molecular weight is 421 g/mol. The zero-order chi connectivity index (χ0) is 18.4. The molecule has 9 heteroatoms. The van der Waals surface area contributed by atoms with Gasteiger partial charge in [0.2, 0.25) is 0 Å². The molecule has 5 nitrogen and oxygen atoms in total. The number of carbonyl (C=O) groups is 1. The Morgan fingerprint density at radius 2 is 2.08 bits per heavy atom. The molecule has 0 bridgehead atoms. The Hall–Kier alpha value is -0.760. The van der Waals surface area contributed by atoms with Gasteiger partial charge in [-0.15, -0.1) is 0 Å². The first-order valence-corrected chi connectivity index (χ1v) is 11.4. The molecule has 1 amide bonds. The van der Waals surface area contributed by atoms with Crippen LogP contribution in [0.3, 0.4) is 0 Å². The number of fused-ring (bicyclic) bond motifs is 1. The second kappa shape index (κ2) is 7.10. The lowest BCUT2D eigenvalue weighted by Gasteiger charge is -2.25. The molecule has 0 saturated carbocycles. The molecule has 2 aliphatic rings. The fourth-order valence-electron chi connectivity index (χ4n) is 2.88. The van der Waals surface area contributed by atoms with Crippen LogP contribution in [0.25, 0.3) is 0 Å². The van der Waals surface area contributed by atoms with Crippen molar-refractivity contribution in [3.8, 4) is 0 Å². The van der Waals surface area contributed by atoms with E-state index >= 15 is 0 Å². The summed E-state index contributed by atoms with van der Waals surface area (Å²) in [4.78, 5) is 18.4. The predicted molar refractivity (Wildman–Crippen MR) is 105 cm³/mol. The van der Waals surface area contributed by atoms with E-state index in [0.717, 1.165) is 0 Å². The van der Waals surface area contributed by atoms with Gasteiger partial charge in [0.1, 0.15) is 0 Å². The van der Waals surface area contributed by atoms with Gasteiger partial charge in [-0.05, 0) is 24.6 Å². The second-order valence-electron chi connectivity index (χ2n) is 6.31. The minimum atomic E-state index is -3.10. The molecule has 25 heavy (non-hydrogen) atoms. The van der Waals surface area contributed by atoms with Gasteiger partial charge in [0.05, 0.1) is 27.6 Å². The van der Waals surface area contributed by atoms with Gasteiger partial charge in [-0.25, -0.2) is 8.42 Å². The van der Waals surface area contributed by atoms with Crippen molar-refractivity contribution >= 4 is 61.6 Å². The molecule has 1 aromatic carbocycles. The SMILES string of the molecule is CC[C@@H](C)C(=O)N=C1S[C@H]2CS(=O)(=O)C[C@@H]2N1c1ccc(Cl)c(Cl)c1. The summed E-state index contributed by atoms with van der Waals surface area (Å²) in [6.07, 6.45) is 0.703. The molecule has 3 rings (SSSR count). The summed E-state index contributed by atoms with van der Waals surface area (Å²) < 4.78 is 24.1. The van der Waals surface area contributed by atoms with Crippen LogP contribution in [-0.2, 0) is 14.6 Å². The number of hydrogen-bond acceptors (Lipinski definition) is 4. The Morgan fingerprint density at radius 3 is 2.72 bits per heavy atom. The monoisotopic (exact) mass is 420 g/mol. The number of thioether (sulfide) groups is 1. The van der Waals surface area contributed by atoms with Gasteiger partial charge in [-0.2, -0.15) is 4.99 Å². The Morgan fingerprint density at radius 1 is 1.36 bits per heavy atom. The number of nitrogens with zero attached hydrogens (tertiary/aromatic N) is 2. The molecule has 2 saturated heterocycles. The Balaban J connectivity index is 2.02. The molecule has 0 aliphatic carbocycles. The molecule has 0 aromatic heterocycles. The number of benzene rings is 1. The van der Waals surface area contributed by atoms with Gasteiger partial charge in [0.15, 0.2) is 15.0 Å². The number of amides is 1. The fourth-order valence-corrected chi connectivity index (χ4v) is 7.09. The molecule has 0 radical (unpaired) electrons. The lowest BCUT2D eigenvalue weighted by Crippen LogP contribution is -2.37. The van der Waals surface area contributed by atoms with Crippen LogP contribution in [0.1, 0.15) is 20.3 Å². The molecule has 0 N–H and O–H groups in total. The molecular formula is C16H18Cl2N2O3S2. The lowest BCUT2D eigenvalue weighted by molar-refractivity contribution is -0.121. The van der Waals surface area contributed by atoms with Crippen molar-refractivity contribution < 1.29 is 13.2 Å². The smallest absolute Gasteiger partial charge is 0.250 e. The summed E-state index contributed by atoms with van der Waals surface area (Å²) in [5, 5.41) is 1.19. The van der Waals surface area contributed by atoms with E-state index < -0.39 is 9.84 Å². The minimum absolute atomic E-state index is 0.0431. The van der Waals surface area contributed by atoms with Crippen molar-refractivity contribution in [2.45, 2.75) is 31.6 Å². The van der Waals surface area contributed by atoms with Crippen molar-refractivity contribution in [2.24, 2.45) is 10.9 Å². The highest BCUT2D eigenvalue weighted by atomic mass is 35.5. The number of hydrogen-bond donors (Lipinski definition) is 0. The number of rotatable bonds is 3. The largest absolute Gasteiger partial charge is 0.316 e. The van der Waals surface area contributed by atoms with E-state index in [1.54, 1.807) is 18.2 Å². The molecule has 3 atom stereocenters. The molecule has 2 aliphatic heterocycles. The zero-order valence-corrected chi connectivity index (χ0v) is 16.9. The lowest BCUT2D eigenvalue weighted by atomic mass is 10.1.